The number of nitrogens with zero attached hydrogens (tertiary/aromatic N) is 1. The summed E-state index contributed by atoms with van der Waals surface area (Å²) in [4.78, 5) is 13.6. The van der Waals surface area contributed by atoms with Gasteiger partial charge in [0.25, 0.3) is 0 Å². The summed E-state index contributed by atoms with van der Waals surface area (Å²) in [5, 5.41) is 3.19. The quantitative estimate of drug-likeness (QED) is 0.693. The average molecular weight is 241 g/mol. The van der Waals surface area contributed by atoms with Crippen LogP contribution in [0.25, 0.3) is 0 Å². The van der Waals surface area contributed by atoms with E-state index in [-0.39, 0.29) is 18.1 Å². The van der Waals surface area contributed by atoms with Crippen LogP contribution in [0.15, 0.2) is 0 Å². The molecule has 2 rings (SSSR count). The molecule has 2 heterocycles. The molecular weight excluding hydrogens is 218 g/mol. The van der Waals surface area contributed by atoms with Crippen LogP contribution in [-0.4, -0.2) is 55.2 Å². The first-order valence-corrected chi connectivity index (χ1v) is 6.59. The van der Waals surface area contributed by atoms with Gasteiger partial charge in [-0.15, -0.1) is 0 Å². The molecule has 2 aliphatic rings. The van der Waals surface area contributed by atoms with Crippen molar-refractivity contribution < 1.29 is 9.53 Å². The van der Waals surface area contributed by atoms with Crippen LogP contribution in [-0.2, 0) is 9.53 Å². The van der Waals surface area contributed by atoms with Gasteiger partial charge in [-0.05, 0) is 25.8 Å². The monoisotopic (exact) mass is 241 g/mol. The number of primary amides is 1. The summed E-state index contributed by atoms with van der Waals surface area (Å²) in [5.74, 6) is -0.276. The van der Waals surface area contributed by atoms with Crippen LogP contribution in [0, 0.1) is 0 Å². The fourth-order valence-corrected chi connectivity index (χ4v) is 2.73. The Kier molecular flexibility index (Phi) is 4.36. The van der Waals surface area contributed by atoms with Crippen molar-refractivity contribution in [3.63, 3.8) is 0 Å². The van der Waals surface area contributed by atoms with E-state index in [0.717, 1.165) is 19.6 Å². The molecule has 1 amide bonds. The zero-order chi connectivity index (χ0) is 12.3. The van der Waals surface area contributed by atoms with Crippen molar-refractivity contribution in [1.82, 2.24) is 10.2 Å². The lowest BCUT2D eigenvalue weighted by Crippen LogP contribution is -2.52. The highest BCUT2D eigenvalue weighted by Crippen LogP contribution is 2.22. The normalized spacial score (nSPS) is 31.1. The summed E-state index contributed by atoms with van der Waals surface area (Å²) in [5.41, 5.74) is 5.30. The lowest BCUT2D eigenvalue weighted by atomic mass is 10.1. The van der Waals surface area contributed by atoms with Crippen LogP contribution in [0.2, 0.25) is 0 Å². The molecule has 2 aliphatic heterocycles. The summed E-state index contributed by atoms with van der Waals surface area (Å²) in [7, 11) is 0. The molecule has 0 bridgehead atoms. The summed E-state index contributed by atoms with van der Waals surface area (Å²) < 4.78 is 5.81. The zero-order valence-electron chi connectivity index (χ0n) is 10.5. The van der Waals surface area contributed by atoms with E-state index in [2.05, 4.69) is 10.2 Å². The third kappa shape index (κ3) is 3.18. The molecule has 98 valence electrons. The van der Waals surface area contributed by atoms with Gasteiger partial charge in [-0.2, -0.15) is 0 Å². The Bertz CT molecular complexity index is 272. The number of hydrogen-bond acceptors (Lipinski definition) is 4. The molecule has 5 heteroatoms. The molecule has 5 nitrogen and oxygen atoms in total. The summed E-state index contributed by atoms with van der Waals surface area (Å²) in [6, 6.07) is 0.402. The molecule has 0 aromatic rings. The predicted octanol–water partition coefficient (Wildman–Crippen LogP) is -0.297. The van der Waals surface area contributed by atoms with E-state index in [0.29, 0.717) is 12.6 Å². The van der Waals surface area contributed by atoms with Gasteiger partial charge < -0.3 is 15.8 Å². The van der Waals surface area contributed by atoms with Gasteiger partial charge in [-0.1, -0.05) is 6.92 Å². The third-order valence-corrected chi connectivity index (χ3v) is 3.81. The lowest BCUT2D eigenvalue weighted by Gasteiger charge is -2.35. The predicted molar refractivity (Wildman–Crippen MR) is 65.6 cm³/mol. The van der Waals surface area contributed by atoms with Crippen LogP contribution >= 0.6 is 0 Å². The number of amides is 1. The second-order valence-corrected chi connectivity index (χ2v) is 5.02. The topological polar surface area (TPSA) is 67.6 Å². The fraction of sp³-hybridized carbons (Fsp3) is 0.917. The van der Waals surface area contributed by atoms with Gasteiger partial charge in [0.2, 0.25) is 5.91 Å². The van der Waals surface area contributed by atoms with Crippen LogP contribution < -0.4 is 11.1 Å². The van der Waals surface area contributed by atoms with Crippen molar-refractivity contribution in [3.8, 4) is 0 Å². The Morgan fingerprint density at radius 3 is 3.18 bits per heavy atom. The van der Waals surface area contributed by atoms with Gasteiger partial charge in [-0.25, -0.2) is 0 Å². The SMILES string of the molecule is CCC(NCC1CN2CCCC2CO1)C(N)=O. The number of ether oxygens (including phenoxy) is 1. The van der Waals surface area contributed by atoms with Crippen molar-refractivity contribution in [3.05, 3.63) is 0 Å². The van der Waals surface area contributed by atoms with Gasteiger partial charge in [0.05, 0.1) is 18.8 Å². The number of morpholine rings is 1. The maximum atomic E-state index is 11.1. The molecule has 2 saturated heterocycles. The highest BCUT2D eigenvalue weighted by atomic mass is 16.5. The second kappa shape index (κ2) is 5.80. The fourth-order valence-electron chi connectivity index (χ4n) is 2.73. The van der Waals surface area contributed by atoms with E-state index in [1.807, 2.05) is 6.92 Å². The third-order valence-electron chi connectivity index (χ3n) is 3.81. The van der Waals surface area contributed by atoms with E-state index in [1.165, 1.54) is 19.4 Å². The summed E-state index contributed by atoms with van der Waals surface area (Å²) >= 11 is 0. The van der Waals surface area contributed by atoms with Gasteiger partial charge in [-0.3, -0.25) is 9.69 Å². The van der Waals surface area contributed by atoms with Crippen LogP contribution in [0.4, 0.5) is 0 Å². The minimum absolute atomic E-state index is 0.192. The van der Waals surface area contributed by atoms with Crippen LogP contribution in [0.3, 0.4) is 0 Å². The standard InChI is InChI=1S/C12H23N3O2/c1-2-11(12(13)16)14-6-10-7-15-5-3-4-9(15)8-17-10/h9-11,14H,2-8H2,1H3,(H2,13,16). The van der Waals surface area contributed by atoms with Crippen molar-refractivity contribution in [2.45, 2.75) is 44.4 Å². The lowest BCUT2D eigenvalue weighted by molar-refractivity contribution is -0.120. The molecule has 2 fully saturated rings. The molecule has 0 radical (unpaired) electrons. The minimum atomic E-state index is -0.276. The maximum Gasteiger partial charge on any atom is 0.234 e. The second-order valence-electron chi connectivity index (χ2n) is 5.02. The Morgan fingerprint density at radius 1 is 1.65 bits per heavy atom. The number of carbonyl (C=O) groups is 1. The molecule has 0 spiro atoms. The van der Waals surface area contributed by atoms with Gasteiger partial charge in [0.15, 0.2) is 0 Å². The molecule has 0 aromatic carbocycles. The summed E-state index contributed by atoms with van der Waals surface area (Å²) in [6.45, 7) is 5.68. The first kappa shape index (κ1) is 12.8. The van der Waals surface area contributed by atoms with E-state index >= 15 is 0 Å². The van der Waals surface area contributed by atoms with E-state index in [1.54, 1.807) is 0 Å². The largest absolute Gasteiger partial charge is 0.374 e. The number of hydrogen-bond donors (Lipinski definition) is 2. The van der Waals surface area contributed by atoms with E-state index < -0.39 is 0 Å². The van der Waals surface area contributed by atoms with Gasteiger partial charge >= 0.3 is 0 Å². The zero-order valence-corrected chi connectivity index (χ0v) is 10.5. The number of rotatable bonds is 5. The highest BCUT2D eigenvalue weighted by Gasteiger charge is 2.32. The van der Waals surface area contributed by atoms with Crippen molar-refractivity contribution in [1.29, 1.82) is 0 Å². The van der Waals surface area contributed by atoms with Gasteiger partial charge in [0.1, 0.15) is 0 Å². The molecule has 3 atom stereocenters. The molecular formula is C12H23N3O2. The molecule has 3 unspecified atom stereocenters. The molecule has 3 N–H and O–H groups in total. The molecule has 0 aliphatic carbocycles. The molecule has 0 aromatic heterocycles. The molecule has 17 heavy (non-hydrogen) atoms. The Hall–Kier alpha value is -0.650. The highest BCUT2D eigenvalue weighted by molar-refractivity contribution is 5.79. The smallest absolute Gasteiger partial charge is 0.234 e. The first-order chi connectivity index (χ1) is 8.20. The van der Waals surface area contributed by atoms with E-state index in [9.17, 15) is 4.79 Å². The van der Waals surface area contributed by atoms with E-state index in [4.69, 9.17) is 10.5 Å². The molecule has 0 saturated carbocycles. The Morgan fingerprint density at radius 2 is 2.47 bits per heavy atom. The maximum absolute atomic E-state index is 11.1. The number of fused-ring (bicyclic) bond motifs is 1. The number of nitrogens with two attached hydrogens (primary N) is 1. The van der Waals surface area contributed by atoms with Crippen LogP contribution in [0.1, 0.15) is 26.2 Å². The number of carbonyl (C=O) groups excluding carboxylic acids is 1. The number of nitrogens with one attached hydrogen (secondary N) is 1. The Labute approximate surface area is 103 Å². The first-order valence-electron chi connectivity index (χ1n) is 6.59. The van der Waals surface area contributed by atoms with Crippen molar-refractivity contribution in [2.24, 2.45) is 5.73 Å². The van der Waals surface area contributed by atoms with Crippen molar-refractivity contribution >= 4 is 5.91 Å². The minimum Gasteiger partial charge on any atom is -0.374 e. The summed E-state index contributed by atoms with van der Waals surface area (Å²) in [6.07, 6.45) is 3.47. The Balaban J connectivity index is 1.74. The van der Waals surface area contributed by atoms with Crippen molar-refractivity contribution in [2.75, 3.05) is 26.2 Å². The van der Waals surface area contributed by atoms with Crippen LogP contribution in [0.5, 0.6) is 0 Å². The van der Waals surface area contributed by atoms with Gasteiger partial charge in [0, 0.05) is 19.1 Å². The average Bonchev–Trinajstić information content (AvgIpc) is 2.76.